The van der Waals surface area contributed by atoms with Crippen LogP contribution in [0.5, 0.6) is 0 Å². The second-order valence-corrected chi connectivity index (χ2v) is 2.96. The van der Waals surface area contributed by atoms with Gasteiger partial charge < -0.3 is 15.6 Å². The molecule has 0 bridgehead atoms. The second kappa shape index (κ2) is 10.9. The molecule has 0 saturated carbocycles. The van der Waals surface area contributed by atoms with Crippen LogP contribution in [0.2, 0.25) is 0 Å². The van der Waals surface area contributed by atoms with Crippen molar-refractivity contribution in [3.63, 3.8) is 0 Å². The second-order valence-electron chi connectivity index (χ2n) is 2.96. The summed E-state index contributed by atoms with van der Waals surface area (Å²) in [7, 11) is 0. The summed E-state index contributed by atoms with van der Waals surface area (Å²) in [5, 5.41) is 8.50. The lowest BCUT2D eigenvalue weighted by atomic mass is 10.2. The van der Waals surface area contributed by atoms with Gasteiger partial charge in [0, 0.05) is 19.6 Å². The van der Waals surface area contributed by atoms with Crippen molar-refractivity contribution in [2.75, 3.05) is 26.4 Å². The average molecular weight is 176 g/mol. The van der Waals surface area contributed by atoms with E-state index in [2.05, 4.69) is 5.73 Å². The van der Waals surface area contributed by atoms with Crippen molar-refractivity contribution in [1.29, 1.82) is 0 Å². The quantitative estimate of drug-likeness (QED) is 0.493. The first-order valence-electron chi connectivity index (χ1n) is 4.89. The Morgan fingerprint density at radius 3 is 2.25 bits per heavy atom. The number of ether oxygens (including phenoxy) is 1. The van der Waals surface area contributed by atoms with Crippen LogP contribution in [0.25, 0.3) is 0 Å². The van der Waals surface area contributed by atoms with Crippen LogP contribution in [0.15, 0.2) is 0 Å². The first-order valence-corrected chi connectivity index (χ1v) is 4.89. The van der Waals surface area contributed by atoms with Gasteiger partial charge in [0.15, 0.2) is 0 Å². The van der Waals surface area contributed by atoms with E-state index < -0.39 is 0 Å². The fraction of sp³-hybridized carbons (Fsp3) is 1.00. The van der Waals surface area contributed by atoms with E-state index >= 15 is 0 Å². The van der Waals surface area contributed by atoms with E-state index in [1.54, 1.807) is 0 Å². The molecular weight excluding hydrogens is 154 g/mol. The van der Waals surface area contributed by atoms with Gasteiger partial charge in [-0.05, 0) is 12.8 Å². The largest absolute Gasteiger partial charge is 0.396 e. The molecule has 0 rings (SSSR count). The van der Waals surface area contributed by atoms with Crippen LogP contribution in [-0.4, -0.2) is 31.5 Å². The molecule has 0 aliphatic heterocycles. The van der Waals surface area contributed by atoms with Gasteiger partial charge in [-0.25, -0.2) is 0 Å². The highest BCUT2D eigenvalue weighted by atomic mass is 16.5. The lowest BCUT2D eigenvalue weighted by Gasteiger charge is -2.01. The van der Waals surface area contributed by atoms with Gasteiger partial charge in [-0.2, -0.15) is 0 Å². The zero-order chi connectivity index (χ0) is 9.07. The third-order valence-corrected chi connectivity index (χ3v) is 1.74. The molecule has 0 aliphatic carbocycles. The van der Waals surface area contributed by atoms with E-state index in [0.717, 1.165) is 45.4 Å². The molecule has 3 heteroatoms. The maximum atomic E-state index is 8.50. The SMILES string of the molecule is [NH3+]CCCOCCCCCCO. The first-order chi connectivity index (χ1) is 5.91. The molecule has 0 fully saturated rings. The van der Waals surface area contributed by atoms with E-state index in [4.69, 9.17) is 9.84 Å². The topological polar surface area (TPSA) is 57.1 Å². The lowest BCUT2D eigenvalue weighted by Crippen LogP contribution is -2.50. The minimum atomic E-state index is 0.322. The molecule has 74 valence electrons. The third kappa shape index (κ3) is 9.88. The zero-order valence-corrected chi connectivity index (χ0v) is 7.93. The molecule has 0 aromatic carbocycles. The van der Waals surface area contributed by atoms with Crippen molar-refractivity contribution in [2.45, 2.75) is 32.1 Å². The smallest absolute Gasteiger partial charge is 0.0762 e. The van der Waals surface area contributed by atoms with Crippen LogP contribution >= 0.6 is 0 Å². The zero-order valence-electron chi connectivity index (χ0n) is 7.93. The molecular formula is C9H22NO2+. The fourth-order valence-corrected chi connectivity index (χ4v) is 0.976. The Morgan fingerprint density at radius 2 is 1.58 bits per heavy atom. The van der Waals surface area contributed by atoms with Crippen molar-refractivity contribution in [2.24, 2.45) is 0 Å². The molecule has 0 spiro atoms. The standard InChI is InChI=1S/C9H21NO2/c10-6-5-9-12-8-4-2-1-3-7-11/h11H,1-10H2/p+1. The predicted octanol–water partition coefficient (Wildman–Crippen LogP) is 0.188. The molecule has 0 atom stereocenters. The highest BCUT2D eigenvalue weighted by Gasteiger charge is 1.90. The van der Waals surface area contributed by atoms with Crippen LogP contribution in [0.4, 0.5) is 0 Å². The molecule has 4 N–H and O–H groups in total. The van der Waals surface area contributed by atoms with Crippen molar-refractivity contribution in [3.05, 3.63) is 0 Å². The maximum Gasteiger partial charge on any atom is 0.0762 e. The Hall–Kier alpha value is -0.120. The fourth-order valence-electron chi connectivity index (χ4n) is 0.976. The highest BCUT2D eigenvalue weighted by molar-refractivity contribution is 4.41. The number of hydrogen-bond donors (Lipinski definition) is 2. The van der Waals surface area contributed by atoms with Crippen LogP contribution in [0.1, 0.15) is 32.1 Å². The lowest BCUT2D eigenvalue weighted by molar-refractivity contribution is -0.369. The number of aliphatic hydroxyl groups excluding tert-OH is 1. The summed E-state index contributed by atoms with van der Waals surface area (Å²) in [6, 6.07) is 0. The number of rotatable bonds is 9. The number of hydrogen-bond acceptors (Lipinski definition) is 2. The van der Waals surface area contributed by atoms with Gasteiger partial charge in [0.25, 0.3) is 0 Å². The monoisotopic (exact) mass is 176 g/mol. The first kappa shape index (κ1) is 11.9. The van der Waals surface area contributed by atoms with Crippen LogP contribution in [0, 0.1) is 0 Å². The Labute approximate surface area is 74.9 Å². The molecule has 3 nitrogen and oxygen atoms in total. The Kier molecular flexibility index (Phi) is 10.8. The Morgan fingerprint density at radius 1 is 0.917 bits per heavy atom. The van der Waals surface area contributed by atoms with Crippen LogP contribution in [-0.2, 0) is 4.74 Å². The molecule has 0 saturated heterocycles. The Balaban J connectivity index is 2.73. The summed E-state index contributed by atoms with van der Waals surface area (Å²) < 4.78 is 5.35. The molecule has 0 unspecified atom stereocenters. The van der Waals surface area contributed by atoms with Gasteiger partial charge in [-0.1, -0.05) is 12.8 Å². The van der Waals surface area contributed by atoms with E-state index in [1.807, 2.05) is 0 Å². The van der Waals surface area contributed by atoms with Crippen molar-refractivity contribution >= 4 is 0 Å². The van der Waals surface area contributed by atoms with Gasteiger partial charge in [-0.15, -0.1) is 0 Å². The molecule has 0 heterocycles. The Bertz CT molecular complexity index is 68.9. The van der Waals surface area contributed by atoms with Crippen molar-refractivity contribution in [1.82, 2.24) is 0 Å². The molecule has 0 radical (unpaired) electrons. The summed E-state index contributed by atoms with van der Waals surface area (Å²) in [5.41, 5.74) is 3.74. The van der Waals surface area contributed by atoms with Crippen LogP contribution in [0.3, 0.4) is 0 Å². The van der Waals surface area contributed by atoms with E-state index in [0.29, 0.717) is 6.61 Å². The van der Waals surface area contributed by atoms with E-state index in [9.17, 15) is 0 Å². The maximum absolute atomic E-state index is 8.50. The molecule has 0 amide bonds. The van der Waals surface area contributed by atoms with Gasteiger partial charge >= 0.3 is 0 Å². The predicted molar refractivity (Wildman–Crippen MR) is 48.7 cm³/mol. The van der Waals surface area contributed by atoms with Crippen molar-refractivity contribution in [3.8, 4) is 0 Å². The minimum Gasteiger partial charge on any atom is -0.396 e. The number of unbranched alkanes of at least 4 members (excludes halogenated alkanes) is 3. The summed E-state index contributed by atoms with van der Waals surface area (Å²) in [6.07, 6.45) is 5.41. The van der Waals surface area contributed by atoms with Gasteiger partial charge in [-0.3, -0.25) is 0 Å². The average Bonchev–Trinajstić information content (AvgIpc) is 2.10. The molecule has 0 aliphatic rings. The number of quaternary nitrogens is 1. The van der Waals surface area contributed by atoms with Gasteiger partial charge in [0.1, 0.15) is 0 Å². The minimum absolute atomic E-state index is 0.322. The summed E-state index contributed by atoms with van der Waals surface area (Å²) in [4.78, 5) is 0. The van der Waals surface area contributed by atoms with E-state index in [-0.39, 0.29) is 0 Å². The normalized spacial score (nSPS) is 10.5. The molecule has 0 aromatic rings. The van der Waals surface area contributed by atoms with Gasteiger partial charge in [0.2, 0.25) is 0 Å². The van der Waals surface area contributed by atoms with Crippen LogP contribution < -0.4 is 5.73 Å². The number of aliphatic hydroxyl groups is 1. The third-order valence-electron chi connectivity index (χ3n) is 1.74. The highest BCUT2D eigenvalue weighted by Crippen LogP contribution is 1.99. The van der Waals surface area contributed by atoms with Gasteiger partial charge in [0.05, 0.1) is 13.2 Å². The van der Waals surface area contributed by atoms with Crippen molar-refractivity contribution < 1.29 is 15.6 Å². The van der Waals surface area contributed by atoms with E-state index in [1.165, 1.54) is 6.42 Å². The molecule has 0 aromatic heterocycles. The molecule has 12 heavy (non-hydrogen) atoms. The summed E-state index contributed by atoms with van der Waals surface area (Å²) in [6.45, 7) is 3.00. The summed E-state index contributed by atoms with van der Waals surface area (Å²) in [5.74, 6) is 0. The summed E-state index contributed by atoms with van der Waals surface area (Å²) >= 11 is 0.